The van der Waals surface area contributed by atoms with E-state index in [4.69, 9.17) is 10.5 Å². The van der Waals surface area contributed by atoms with Gasteiger partial charge in [-0.1, -0.05) is 6.07 Å². The van der Waals surface area contributed by atoms with Crippen molar-refractivity contribution in [1.29, 1.82) is 0 Å². The zero-order valence-corrected chi connectivity index (χ0v) is 11.2. The molecule has 106 valence electrons. The lowest BCUT2D eigenvalue weighted by atomic mass is 10.1. The Bertz CT molecular complexity index is 655. The van der Waals surface area contributed by atoms with Gasteiger partial charge >= 0.3 is 0 Å². The number of ether oxygens (including phenoxy) is 1. The summed E-state index contributed by atoms with van der Waals surface area (Å²) in [6.45, 7) is 2.80. The maximum atomic E-state index is 13.0. The van der Waals surface area contributed by atoms with E-state index in [1.165, 1.54) is 29.1 Å². The van der Waals surface area contributed by atoms with Crippen molar-refractivity contribution in [2.45, 2.75) is 13.5 Å². The van der Waals surface area contributed by atoms with Gasteiger partial charge in [0.15, 0.2) is 0 Å². The molecule has 1 aromatic heterocycles. The van der Waals surface area contributed by atoms with E-state index >= 15 is 0 Å². The maximum absolute atomic E-state index is 13.0. The number of benzene rings is 1. The standard InChI is InChI=1S/C14H16FN3O2/c1-10-6-12(15)3-2-11(10)9-18-14(19)7-13(8-17-18)20-5-4-16/h2-3,6-8H,4-5,9,16H2,1H3. The number of hydrogen-bond acceptors (Lipinski definition) is 4. The van der Waals surface area contributed by atoms with Crippen LogP contribution in [0.5, 0.6) is 5.75 Å². The van der Waals surface area contributed by atoms with Gasteiger partial charge in [0.05, 0.1) is 12.7 Å². The lowest BCUT2D eigenvalue weighted by Gasteiger charge is -2.09. The first-order valence-electron chi connectivity index (χ1n) is 6.25. The van der Waals surface area contributed by atoms with Crippen LogP contribution in [-0.4, -0.2) is 22.9 Å². The lowest BCUT2D eigenvalue weighted by molar-refractivity contribution is 0.324. The number of hydrogen-bond donors (Lipinski definition) is 1. The van der Waals surface area contributed by atoms with Crippen molar-refractivity contribution in [3.05, 3.63) is 57.8 Å². The Morgan fingerprint density at radius 2 is 2.20 bits per heavy atom. The fraction of sp³-hybridized carbons (Fsp3) is 0.286. The Hall–Kier alpha value is -2.21. The molecule has 0 amide bonds. The van der Waals surface area contributed by atoms with Gasteiger partial charge in [-0.25, -0.2) is 9.07 Å². The van der Waals surface area contributed by atoms with Crippen LogP contribution in [0.1, 0.15) is 11.1 Å². The van der Waals surface area contributed by atoms with Gasteiger partial charge in [0.25, 0.3) is 5.56 Å². The Labute approximate surface area is 115 Å². The molecule has 5 nitrogen and oxygen atoms in total. The second kappa shape index (κ2) is 6.29. The smallest absolute Gasteiger partial charge is 0.270 e. The van der Waals surface area contributed by atoms with Gasteiger partial charge in [-0.3, -0.25) is 4.79 Å². The number of rotatable bonds is 5. The predicted octanol–water partition coefficient (Wildman–Crippen LogP) is 1.08. The molecule has 2 aromatic rings. The number of aryl methyl sites for hydroxylation is 1. The minimum Gasteiger partial charge on any atom is -0.490 e. The van der Waals surface area contributed by atoms with E-state index in [1.54, 1.807) is 13.0 Å². The lowest BCUT2D eigenvalue weighted by Crippen LogP contribution is -2.23. The van der Waals surface area contributed by atoms with Crippen LogP contribution in [-0.2, 0) is 6.54 Å². The molecule has 0 saturated carbocycles. The third-order valence-corrected chi connectivity index (χ3v) is 2.86. The second-order valence-electron chi connectivity index (χ2n) is 4.40. The second-order valence-corrected chi connectivity index (χ2v) is 4.40. The molecule has 0 bridgehead atoms. The summed E-state index contributed by atoms with van der Waals surface area (Å²) >= 11 is 0. The molecule has 2 rings (SSSR count). The van der Waals surface area contributed by atoms with Crippen molar-refractivity contribution in [3.8, 4) is 5.75 Å². The molecule has 0 unspecified atom stereocenters. The van der Waals surface area contributed by atoms with Crippen molar-refractivity contribution >= 4 is 0 Å². The summed E-state index contributed by atoms with van der Waals surface area (Å²) in [5, 5.41) is 4.03. The average Bonchev–Trinajstić information content (AvgIpc) is 2.42. The predicted molar refractivity (Wildman–Crippen MR) is 73.3 cm³/mol. The van der Waals surface area contributed by atoms with Crippen LogP contribution in [0.2, 0.25) is 0 Å². The van der Waals surface area contributed by atoms with Gasteiger partial charge in [-0.05, 0) is 30.2 Å². The highest BCUT2D eigenvalue weighted by molar-refractivity contribution is 5.26. The summed E-state index contributed by atoms with van der Waals surface area (Å²) in [6, 6.07) is 5.81. The molecule has 0 fully saturated rings. The van der Waals surface area contributed by atoms with Crippen molar-refractivity contribution in [3.63, 3.8) is 0 Å². The molecule has 1 aromatic carbocycles. The molecule has 1 heterocycles. The molecule has 0 aliphatic carbocycles. The maximum Gasteiger partial charge on any atom is 0.270 e. The van der Waals surface area contributed by atoms with Gasteiger partial charge in [-0.15, -0.1) is 0 Å². The van der Waals surface area contributed by atoms with Crippen LogP contribution in [0.25, 0.3) is 0 Å². The van der Waals surface area contributed by atoms with Gasteiger partial charge < -0.3 is 10.5 Å². The molecule has 0 aliphatic heterocycles. The van der Waals surface area contributed by atoms with Gasteiger partial charge in [0.1, 0.15) is 18.2 Å². The highest BCUT2D eigenvalue weighted by Crippen LogP contribution is 2.11. The normalized spacial score (nSPS) is 10.6. The van der Waals surface area contributed by atoms with E-state index in [0.29, 0.717) is 25.4 Å². The summed E-state index contributed by atoms with van der Waals surface area (Å²) in [5.74, 6) is 0.101. The van der Waals surface area contributed by atoms with Crippen LogP contribution in [0.15, 0.2) is 35.3 Å². The van der Waals surface area contributed by atoms with Crippen molar-refractivity contribution in [2.24, 2.45) is 5.73 Å². The van der Waals surface area contributed by atoms with Gasteiger partial charge in [0.2, 0.25) is 0 Å². The van der Waals surface area contributed by atoms with Crippen LogP contribution in [0, 0.1) is 12.7 Å². The molecule has 0 saturated heterocycles. The van der Waals surface area contributed by atoms with Crippen LogP contribution >= 0.6 is 0 Å². The number of nitrogens with two attached hydrogens (primary N) is 1. The van der Waals surface area contributed by atoms with Crippen molar-refractivity contribution < 1.29 is 9.13 Å². The molecular weight excluding hydrogens is 261 g/mol. The van der Waals surface area contributed by atoms with E-state index < -0.39 is 0 Å². The van der Waals surface area contributed by atoms with E-state index in [-0.39, 0.29) is 11.4 Å². The van der Waals surface area contributed by atoms with Crippen LogP contribution in [0.3, 0.4) is 0 Å². The third kappa shape index (κ3) is 3.42. The molecule has 0 spiro atoms. The first-order chi connectivity index (χ1) is 9.60. The minimum atomic E-state index is -0.294. The minimum absolute atomic E-state index is 0.275. The Morgan fingerprint density at radius 1 is 1.40 bits per heavy atom. The largest absolute Gasteiger partial charge is 0.490 e. The molecular formula is C14H16FN3O2. The van der Waals surface area contributed by atoms with Crippen LogP contribution < -0.4 is 16.0 Å². The zero-order chi connectivity index (χ0) is 14.5. The number of nitrogens with zero attached hydrogens (tertiary/aromatic N) is 2. The quantitative estimate of drug-likeness (QED) is 0.887. The SMILES string of the molecule is Cc1cc(F)ccc1Cn1ncc(OCCN)cc1=O. The van der Waals surface area contributed by atoms with E-state index in [2.05, 4.69) is 5.10 Å². The number of aromatic nitrogens is 2. The molecule has 6 heteroatoms. The topological polar surface area (TPSA) is 70.1 Å². The van der Waals surface area contributed by atoms with Crippen LogP contribution in [0.4, 0.5) is 4.39 Å². The summed E-state index contributed by atoms with van der Waals surface area (Å²) < 4.78 is 19.6. The molecule has 0 radical (unpaired) electrons. The van der Waals surface area contributed by atoms with E-state index in [9.17, 15) is 9.18 Å². The van der Waals surface area contributed by atoms with E-state index in [0.717, 1.165) is 11.1 Å². The van der Waals surface area contributed by atoms with Crippen molar-refractivity contribution in [2.75, 3.05) is 13.2 Å². The van der Waals surface area contributed by atoms with Gasteiger partial charge in [-0.2, -0.15) is 5.10 Å². The highest BCUT2D eigenvalue weighted by Gasteiger charge is 2.05. The zero-order valence-electron chi connectivity index (χ0n) is 11.2. The Kier molecular flexibility index (Phi) is 4.47. The summed E-state index contributed by atoms with van der Waals surface area (Å²) in [4.78, 5) is 11.9. The summed E-state index contributed by atoms with van der Waals surface area (Å²) in [7, 11) is 0. The first kappa shape index (κ1) is 14.2. The van der Waals surface area contributed by atoms with Gasteiger partial charge in [0, 0.05) is 12.6 Å². The molecule has 2 N–H and O–H groups in total. The summed E-state index contributed by atoms with van der Waals surface area (Å²) in [6.07, 6.45) is 1.47. The highest BCUT2D eigenvalue weighted by atomic mass is 19.1. The van der Waals surface area contributed by atoms with E-state index in [1.807, 2.05) is 0 Å². The number of halogens is 1. The third-order valence-electron chi connectivity index (χ3n) is 2.86. The van der Waals surface area contributed by atoms with Crippen molar-refractivity contribution in [1.82, 2.24) is 9.78 Å². The first-order valence-corrected chi connectivity index (χ1v) is 6.25. The fourth-order valence-corrected chi connectivity index (χ4v) is 1.79. The molecule has 20 heavy (non-hydrogen) atoms. The monoisotopic (exact) mass is 277 g/mol. The fourth-order valence-electron chi connectivity index (χ4n) is 1.79. The summed E-state index contributed by atoms with van der Waals surface area (Å²) in [5.41, 5.74) is 6.67. The molecule has 0 aliphatic rings. The Balaban J connectivity index is 2.19. The average molecular weight is 277 g/mol. The Morgan fingerprint density at radius 3 is 2.85 bits per heavy atom. The molecule has 0 atom stereocenters.